The molecule has 21 heavy (non-hydrogen) atoms. The number of pyridine rings is 1. The molecule has 0 fully saturated rings. The first-order chi connectivity index (χ1) is 10.1. The molecule has 104 valence electrons. The number of nitrogens with two attached hydrogens (primary N) is 1. The van der Waals surface area contributed by atoms with Crippen LogP contribution < -0.4 is 10.6 Å². The summed E-state index contributed by atoms with van der Waals surface area (Å²) < 4.78 is 0. The van der Waals surface area contributed by atoms with E-state index in [0.29, 0.717) is 11.3 Å². The number of nitrogens with zero attached hydrogens (tertiary/aromatic N) is 3. The van der Waals surface area contributed by atoms with Crippen molar-refractivity contribution in [2.75, 3.05) is 24.7 Å². The van der Waals surface area contributed by atoms with Gasteiger partial charge in [0.25, 0.3) is 5.91 Å². The summed E-state index contributed by atoms with van der Waals surface area (Å²) in [6.07, 6.45) is 3.76. The number of aromatic nitrogens is 1. The van der Waals surface area contributed by atoms with Crippen LogP contribution in [0, 0.1) is 0 Å². The van der Waals surface area contributed by atoms with Crippen molar-refractivity contribution >= 4 is 34.9 Å². The lowest BCUT2D eigenvalue weighted by Gasteiger charge is -2.22. The number of fused-ring (bicyclic) bond motifs is 1. The summed E-state index contributed by atoms with van der Waals surface area (Å²) in [5.41, 5.74) is 11.1. The predicted octanol–water partition coefficient (Wildman–Crippen LogP) is 2.33. The lowest BCUT2D eigenvalue weighted by Crippen LogP contribution is -2.17. The van der Waals surface area contributed by atoms with Gasteiger partial charge in [-0.05, 0) is 30.3 Å². The van der Waals surface area contributed by atoms with Gasteiger partial charge in [0, 0.05) is 31.4 Å². The van der Waals surface area contributed by atoms with Crippen molar-refractivity contribution in [2.24, 2.45) is 0 Å². The second-order valence-electron chi connectivity index (χ2n) is 5.29. The van der Waals surface area contributed by atoms with Gasteiger partial charge in [-0.1, -0.05) is 0 Å². The van der Waals surface area contributed by atoms with Gasteiger partial charge in [-0.3, -0.25) is 4.79 Å². The lowest BCUT2D eigenvalue weighted by molar-refractivity contribution is 0.0875. The number of rotatable bonds is 0. The Hall–Kier alpha value is -2.82. The van der Waals surface area contributed by atoms with Crippen LogP contribution in [0.4, 0.5) is 17.2 Å². The van der Waals surface area contributed by atoms with Crippen LogP contribution in [0.15, 0.2) is 30.5 Å². The summed E-state index contributed by atoms with van der Waals surface area (Å²) in [4.78, 5) is 20.5. The van der Waals surface area contributed by atoms with Crippen LogP contribution >= 0.6 is 0 Å². The third kappa shape index (κ3) is 1.40. The first-order valence-corrected chi connectivity index (χ1v) is 6.71. The Morgan fingerprint density at radius 3 is 2.76 bits per heavy atom. The van der Waals surface area contributed by atoms with Crippen LogP contribution in [0.2, 0.25) is 0 Å². The molecule has 2 aromatic rings. The summed E-state index contributed by atoms with van der Waals surface area (Å²) in [5, 5.41) is 0. The number of hydrogen-bond acceptors (Lipinski definition) is 4. The van der Waals surface area contributed by atoms with E-state index in [4.69, 9.17) is 5.73 Å². The largest absolute Gasteiger partial charge is 0.397 e. The number of nitrogen functional groups attached to an aromatic ring is 1. The fraction of sp³-hybridized carbons (Fsp3) is 0.125. The minimum atomic E-state index is -0.00163. The summed E-state index contributed by atoms with van der Waals surface area (Å²) in [7, 11) is 3.72. The normalized spacial score (nSPS) is 15.5. The fourth-order valence-electron chi connectivity index (χ4n) is 3.09. The van der Waals surface area contributed by atoms with Gasteiger partial charge >= 0.3 is 0 Å². The number of hydrogen-bond donors (Lipinski definition) is 1. The second kappa shape index (κ2) is 3.85. The molecule has 3 heterocycles. The smallest absolute Gasteiger partial charge is 0.258 e. The summed E-state index contributed by atoms with van der Waals surface area (Å²) in [6.45, 7) is 0. The molecule has 2 aliphatic heterocycles. The molecule has 1 amide bonds. The number of benzene rings is 1. The summed E-state index contributed by atoms with van der Waals surface area (Å²) in [6, 6.07) is 7.46. The van der Waals surface area contributed by atoms with E-state index in [1.165, 1.54) is 0 Å². The molecular formula is C16H14N4O. The number of anilines is 3. The van der Waals surface area contributed by atoms with Crippen molar-refractivity contribution in [1.82, 2.24) is 9.88 Å². The van der Waals surface area contributed by atoms with Crippen molar-refractivity contribution in [2.45, 2.75) is 0 Å². The molecule has 4 rings (SSSR count). The molecular weight excluding hydrogens is 264 g/mol. The van der Waals surface area contributed by atoms with Crippen LogP contribution in [0.5, 0.6) is 0 Å². The molecule has 2 N–H and O–H groups in total. The zero-order valence-electron chi connectivity index (χ0n) is 11.8. The van der Waals surface area contributed by atoms with E-state index in [-0.39, 0.29) is 5.91 Å². The van der Waals surface area contributed by atoms with Crippen LogP contribution in [0.1, 0.15) is 21.5 Å². The highest BCUT2D eigenvalue weighted by Crippen LogP contribution is 2.46. The van der Waals surface area contributed by atoms with Crippen LogP contribution in [-0.4, -0.2) is 29.9 Å². The van der Waals surface area contributed by atoms with Gasteiger partial charge in [-0.2, -0.15) is 0 Å². The molecule has 5 nitrogen and oxygen atoms in total. The maximum atomic E-state index is 12.4. The zero-order chi connectivity index (χ0) is 14.7. The van der Waals surface area contributed by atoms with Gasteiger partial charge in [0.15, 0.2) is 0 Å². The topological polar surface area (TPSA) is 62.5 Å². The molecule has 0 atom stereocenters. The van der Waals surface area contributed by atoms with Gasteiger partial charge in [-0.25, -0.2) is 4.98 Å². The zero-order valence-corrected chi connectivity index (χ0v) is 11.8. The van der Waals surface area contributed by atoms with E-state index in [1.807, 2.05) is 30.2 Å². The van der Waals surface area contributed by atoms with E-state index in [1.54, 1.807) is 30.3 Å². The van der Waals surface area contributed by atoms with Crippen molar-refractivity contribution in [3.05, 3.63) is 47.2 Å². The first-order valence-electron chi connectivity index (χ1n) is 6.71. The average molecular weight is 278 g/mol. The predicted molar refractivity (Wildman–Crippen MR) is 83.1 cm³/mol. The molecule has 0 bridgehead atoms. The third-order valence-electron chi connectivity index (χ3n) is 4.12. The SMILES string of the molecule is CN1C(=O)c2ccc(N)c3c2C1=Cc1cccnc1N3C. The second-order valence-corrected chi connectivity index (χ2v) is 5.29. The molecule has 1 aromatic heterocycles. The van der Waals surface area contributed by atoms with Crippen LogP contribution in [-0.2, 0) is 0 Å². The van der Waals surface area contributed by atoms with Crippen molar-refractivity contribution in [3.8, 4) is 0 Å². The van der Waals surface area contributed by atoms with Gasteiger partial charge in [0.05, 0.1) is 22.6 Å². The number of carbonyl (C=O) groups is 1. The highest BCUT2D eigenvalue weighted by molar-refractivity contribution is 6.16. The van der Waals surface area contributed by atoms with E-state index < -0.39 is 0 Å². The Kier molecular flexibility index (Phi) is 2.19. The standard InChI is InChI=1S/C16H14N4O/c1-19-12-8-9-4-3-7-18-15(9)20(2)14-11(17)6-5-10(13(12)14)16(19)21/h3-8H,17H2,1-2H3. The maximum absolute atomic E-state index is 12.4. The Morgan fingerprint density at radius 1 is 1.14 bits per heavy atom. The summed E-state index contributed by atoms with van der Waals surface area (Å²) >= 11 is 0. The first kappa shape index (κ1) is 12.0. The van der Waals surface area contributed by atoms with E-state index in [9.17, 15) is 4.79 Å². The van der Waals surface area contributed by atoms with Gasteiger partial charge in [0.1, 0.15) is 5.82 Å². The minimum Gasteiger partial charge on any atom is -0.397 e. The monoisotopic (exact) mass is 278 g/mol. The molecule has 0 saturated carbocycles. The van der Waals surface area contributed by atoms with Crippen molar-refractivity contribution in [3.63, 3.8) is 0 Å². The number of amides is 1. The van der Waals surface area contributed by atoms with E-state index >= 15 is 0 Å². The van der Waals surface area contributed by atoms with E-state index in [2.05, 4.69) is 4.98 Å². The maximum Gasteiger partial charge on any atom is 0.258 e. The molecule has 0 spiro atoms. The van der Waals surface area contributed by atoms with Gasteiger partial charge in [0.2, 0.25) is 0 Å². The van der Waals surface area contributed by atoms with Crippen molar-refractivity contribution in [1.29, 1.82) is 0 Å². The number of carbonyl (C=O) groups excluding carboxylic acids is 1. The quantitative estimate of drug-likeness (QED) is 0.751. The highest BCUT2D eigenvalue weighted by Gasteiger charge is 2.36. The minimum absolute atomic E-state index is 0.00163. The Bertz CT molecular complexity index is 825. The molecule has 5 heteroatoms. The molecule has 0 unspecified atom stereocenters. The van der Waals surface area contributed by atoms with Crippen molar-refractivity contribution < 1.29 is 4.79 Å². The lowest BCUT2D eigenvalue weighted by atomic mass is 10.0. The Labute approximate surface area is 122 Å². The summed E-state index contributed by atoms with van der Waals surface area (Å²) in [5.74, 6) is 0.832. The Balaban J connectivity index is 2.15. The molecule has 1 aromatic carbocycles. The van der Waals surface area contributed by atoms with E-state index in [0.717, 1.165) is 28.3 Å². The van der Waals surface area contributed by atoms with Crippen LogP contribution in [0.3, 0.4) is 0 Å². The molecule has 0 aliphatic carbocycles. The molecule has 0 saturated heterocycles. The van der Waals surface area contributed by atoms with Crippen LogP contribution in [0.25, 0.3) is 11.8 Å². The molecule has 2 aliphatic rings. The van der Waals surface area contributed by atoms with Gasteiger partial charge in [-0.15, -0.1) is 0 Å². The average Bonchev–Trinajstić information content (AvgIpc) is 2.65. The fourth-order valence-corrected chi connectivity index (χ4v) is 3.09. The molecule has 0 radical (unpaired) electrons. The third-order valence-corrected chi connectivity index (χ3v) is 4.12. The Morgan fingerprint density at radius 2 is 1.95 bits per heavy atom. The highest BCUT2D eigenvalue weighted by atomic mass is 16.2. The van der Waals surface area contributed by atoms with Gasteiger partial charge < -0.3 is 15.5 Å².